The van der Waals surface area contributed by atoms with Crippen molar-refractivity contribution in [1.82, 2.24) is 14.5 Å². The van der Waals surface area contributed by atoms with Gasteiger partial charge in [0.1, 0.15) is 10.8 Å². The first-order chi connectivity index (χ1) is 11.0. The van der Waals surface area contributed by atoms with Gasteiger partial charge < -0.3 is 10.3 Å². The van der Waals surface area contributed by atoms with Crippen molar-refractivity contribution in [2.75, 3.05) is 0 Å². The summed E-state index contributed by atoms with van der Waals surface area (Å²) in [7, 11) is 1.94. The smallest absolute Gasteiger partial charge is 0.178 e. The van der Waals surface area contributed by atoms with Gasteiger partial charge in [0.15, 0.2) is 5.65 Å². The van der Waals surface area contributed by atoms with Crippen LogP contribution in [0, 0.1) is 13.8 Å². The summed E-state index contributed by atoms with van der Waals surface area (Å²) in [6, 6.07) is 10.2. The minimum Gasteiger partial charge on any atom is -0.389 e. The molecule has 0 fully saturated rings. The van der Waals surface area contributed by atoms with Crippen LogP contribution in [-0.4, -0.2) is 19.5 Å². The Kier molecular flexibility index (Phi) is 3.96. The van der Waals surface area contributed by atoms with E-state index in [1.165, 1.54) is 11.1 Å². The van der Waals surface area contributed by atoms with Crippen LogP contribution in [0.3, 0.4) is 0 Å². The molecule has 3 rings (SSSR count). The second kappa shape index (κ2) is 5.93. The van der Waals surface area contributed by atoms with Gasteiger partial charge in [-0.05, 0) is 43.2 Å². The fourth-order valence-corrected chi connectivity index (χ4v) is 2.81. The number of fused-ring (bicyclic) bond motifs is 1. The SMILES string of the molecule is Cc1ccc(/C=C(/C(N)=S)c2nc3ncccc3n2C)c(C)c1. The molecule has 0 aliphatic heterocycles. The number of hydrogen-bond donors (Lipinski definition) is 1. The molecule has 0 unspecified atom stereocenters. The molecule has 23 heavy (non-hydrogen) atoms. The molecule has 0 atom stereocenters. The van der Waals surface area contributed by atoms with E-state index in [-0.39, 0.29) is 0 Å². The average molecular weight is 322 g/mol. The molecular formula is C18H18N4S. The molecule has 5 heteroatoms. The summed E-state index contributed by atoms with van der Waals surface area (Å²) in [5, 5.41) is 0. The largest absolute Gasteiger partial charge is 0.389 e. The van der Waals surface area contributed by atoms with Gasteiger partial charge in [0.25, 0.3) is 0 Å². The number of aromatic nitrogens is 3. The van der Waals surface area contributed by atoms with Crippen LogP contribution in [0.25, 0.3) is 22.8 Å². The molecule has 2 N–H and O–H groups in total. The standard InChI is InChI=1S/C18H18N4S/c1-11-6-7-13(12(2)9-11)10-14(16(19)23)18-21-17-15(22(18)3)5-4-8-20-17/h4-10H,1-3H3,(H2,19,23)/b14-10-. The van der Waals surface area contributed by atoms with Crippen LogP contribution in [-0.2, 0) is 7.05 Å². The van der Waals surface area contributed by atoms with E-state index in [0.29, 0.717) is 10.6 Å². The Morgan fingerprint density at radius 3 is 2.70 bits per heavy atom. The molecule has 1 aromatic carbocycles. The van der Waals surface area contributed by atoms with Crippen LogP contribution in [0.15, 0.2) is 36.5 Å². The summed E-state index contributed by atoms with van der Waals surface area (Å²) in [5.74, 6) is 0.728. The Morgan fingerprint density at radius 1 is 1.26 bits per heavy atom. The molecule has 116 valence electrons. The summed E-state index contributed by atoms with van der Waals surface area (Å²) in [6.07, 6.45) is 3.73. The first-order valence-corrected chi connectivity index (χ1v) is 7.75. The van der Waals surface area contributed by atoms with E-state index in [4.69, 9.17) is 18.0 Å². The van der Waals surface area contributed by atoms with E-state index in [2.05, 4.69) is 42.0 Å². The monoisotopic (exact) mass is 322 g/mol. The number of imidazole rings is 1. The number of rotatable bonds is 3. The maximum absolute atomic E-state index is 5.98. The third-order valence-electron chi connectivity index (χ3n) is 3.89. The second-order valence-electron chi connectivity index (χ2n) is 5.62. The van der Waals surface area contributed by atoms with Gasteiger partial charge >= 0.3 is 0 Å². The molecule has 0 bridgehead atoms. The van der Waals surface area contributed by atoms with Crippen LogP contribution in [0.5, 0.6) is 0 Å². The van der Waals surface area contributed by atoms with E-state index < -0.39 is 0 Å². The highest BCUT2D eigenvalue weighted by molar-refractivity contribution is 7.81. The topological polar surface area (TPSA) is 56.7 Å². The third kappa shape index (κ3) is 2.87. The van der Waals surface area contributed by atoms with Crippen molar-refractivity contribution in [3.8, 4) is 0 Å². The molecule has 3 aromatic rings. The van der Waals surface area contributed by atoms with Crippen molar-refractivity contribution in [3.63, 3.8) is 0 Å². The summed E-state index contributed by atoms with van der Waals surface area (Å²) >= 11 is 5.27. The minimum atomic E-state index is 0.323. The molecule has 0 radical (unpaired) electrons. The van der Waals surface area contributed by atoms with Crippen molar-refractivity contribution in [2.45, 2.75) is 13.8 Å². The predicted octanol–water partition coefficient (Wildman–Crippen LogP) is 3.41. The number of aryl methyl sites for hydroxylation is 3. The highest BCUT2D eigenvalue weighted by atomic mass is 32.1. The lowest BCUT2D eigenvalue weighted by Crippen LogP contribution is -2.13. The molecule has 0 amide bonds. The summed E-state index contributed by atoms with van der Waals surface area (Å²) in [4.78, 5) is 9.21. The number of hydrogen-bond acceptors (Lipinski definition) is 3. The number of thiocarbonyl (C=S) groups is 1. The zero-order chi connectivity index (χ0) is 16.6. The summed E-state index contributed by atoms with van der Waals surface area (Å²) in [6.45, 7) is 4.15. The Bertz CT molecular complexity index is 937. The van der Waals surface area contributed by atoms with Crippen LogP contribution in [0.1, 0.15) is 22.5 Å². The lowest BCUT2D eigenvalue weighted by molar-refractivity contribution is 0.926. The zero-order valence-corrected chi connectivity index (χ0v) is 14.2. The first-order valence-electron chi connectivity index (χ1n) is 7.34. The Morgan fingerprint density at radius 2 is 2.04 bits per heavy atom. The fourth-order valence-electron chi connectivity index (χ4n) is 2.66. The van der Waals surface area contributed by atoms with Gasteiger partial charge in [-0.15, -0.1) is 0 Å². The number of pyridine rings is 1. The molecule has 0 aliphatic rings. The average Bonchev–Trinajstić information content (AvgIpc) is 2.83. The van der Waals surface area contributed by atoms with E-state index in [1.807, 2.05) is 29.8 Å². The highest BCUT2D eigenvalue weighted by Crippen LogP contribution is 2.23. The molecule has 0 spiro atoms. The quantitative estimate of drug-likeness (QED) is 0.593. The highest BCUT2D eigenvalue weighted by Gasteiger charge is 2.15. The summed E-state index contributed by atoms with van der Waals surface area (Å²) in [5.41, 5.74) is 11.8. The maximum atomic E-state index is 5.98. The van der Waals surface area contributed by atoms with Crippen molar-refractivity contribution in [1.29, 1.82) is 0 Å². The van der Waals surface area contributed by atoms with Gasteiger partial charge in [0.2, 0.25) is 0 Å². The maximum Gasteiger partial charge on any atom is 0.178 e. The third-order valence-corrected chi connectivity index (χ3v) is 4.11. The molecule has 2 heterocycles. The van der Waals surface area contributed by atoms with Crippen molar-refractivity contribution >= 4 is 40.0 Å². The van der Waals surface area contributed by atoms with E-state index in [1.54, 1.807) is 6.20 Å². The van der Waals surface area contributed by atoms with Gasteiger partial charge in [-0.2, -0.15) is 0 Å². The lowest BCUT2D eigenvalue weighted by Gasteiger charge is -2.08. The van der Waals surface area contributed by atoms with Gasteiger partial charge in [-0.3, -0.25) is 0 Å². The second-order valence-corrected chi connectivity index (χ2v) is 6.06. The van der Waals surface area contributed by atoms with Crippen LogP contribution in [0.4, 0.5) is 0 Å². The predicted molar refractivity (Wildman–Crippen MR) is 99.1 cm³/mol. The van der Waals surface area contributed by atoms with Crippen LogP contribution >= 0.6 is 12.2 Å². The Balaban J connectivity index is 2.20. The van der Waals surface area contributed by atoms with Gasteiger partial charge in [-0.25, -0.2) is 9.97 Å². The molecular weight excluding hydrogens is 304 g/mol. The molecule has 4 nitrogen and oxygen atoms in total. The minimum absolute atomic E-state index is 0.323. The normalized spacial score (nSPS) is 11.9. The van der Waals surface area contributed by atoms with E-state index in [9.17, 15) is 0 Å². The molecule has 2 aromatic heterocycles. The number of benzene rings is 1. The van der Waals surface area contributed by atoms with E-state index >= 15 is 0 Å². The molecule has 0 saturated carbocycles. The zero-order valence-electron chi connectivity index (χ0n) is 13.4. The fraction of sp³-hybridized carbons (Fsp3) is 0.167. The van der Waals surface area contributed by atoms with Crippen LogP contribution in [0.2, 0.25) is 0 Å². The van der Waals surface area contributed by atoms with Crippen molar-refractivity contribution < 1.29 is 0 Å². The number of nitrogens with two attached hydrogens (primary N) is 1. The number of nitrogens with zero attached hydrogens (tertiary/aromatic N) is 3. The van der Waals surface area contributed by atoms with Gasteiger partial charge in [0.05, 0.1) is 11.1 Å². The van der Waals surface area contributed by atoms with Crippen molar-refractivity contribution in [2.24, 2.45) is 12.8 Å². The van der Waals surface area contributed by atoms with Gasteiger partial charge in [0, 0.05) is 13.2 Å². The molecule has 0 saturated heterocycles. The first kappa shape index (κ1) is 15.4. The molecule has 0 aliphatic carbocycles. The Hall–Kier alpha value is -2.53. The lowest BCUT2D eigenvalue weighted by atomic mass is 10.0. The van der Waals surface area contributed by atoms with Crippen molar-refractivity contribution in [3.05, 3.63) is 59.0 Å². The summed E-state index contributed by atoms with van der Waals surface area (Å²) < 4.78 is 1.97. The van der Waals surface area contributed by atoms with Crippen LogP contribution < -0.4 is 5.73 Å². The van der Waals surface area contributed by atoms with Gasteiger partial charge in [-0.1, -0.05) is 36.0 Å². The Labute approximate surface area is 140 Å². The van der Waals surface area contributed by atoms with E-state index in [0.717, 1.165) is 22.5 Å².